The van der Waals surface area contributed by atoms with Crippen molar-refractivity contribution < 1.29 is 4.21 Å². The lowest BCUT2D eigenvalue weighted by atomic mass is 9.83. The van der Waals surface area contributed by atoms with Gasteiger partial charge < -0.3 is 5.73 Å². The number of hydrogen-bond acceptors (Lipinski definition) is 2. The number of benzene rings is 1. The van der Waals surface area contributed by atoms with Crippen molar-refractivity contribution in [3.8, 4) is 0 Å². The van der Waals surface area contributed by atoms with E-state index in [9.17, 15) is 4.21 Å². The maximum atomic E-state index is 12.7. The monoisotopic (exact) mass is 293 g/mol. The molecule has 112 valence electrons. The van der Waals surface area contributed by atoms with E-state index in [1.54, 1.807) is 0 Å². The molecule has 20 heavy (non-hydrogen) atoms. The van der Waals surface area contributed by atoms with Crippen LogP contribution in [-0.4, -0.2) is 15.5 Å². The molecule has 1 saturated carbocycles. The van der Waals surface area contributed by atoms with Gasteiger partial charge in [-0.05, 0) is 43.2 Å². The van der Waals surface area contributed by atoms with Gasteiger partial charge in [0.25, 0.3) is 0 Å². The van der Waals surface area contributed by atoms with Gasteiger partial charge >= 0.3 is 0 Å². The van der Waals surface area contributed by atoms with Crippen LogP contribution in [0.4, 0.5) is 0 Å². The van der Waals surface area contributed by atoms with Crippen LogP contribution in [0.3, 0.4) is 0 Å². The second kappa shape index (κ2) is 7.37. The van der Waals surface area contributed by atoms with Gasteiger partial charge in [0.2, 0.25) is 0 Å². The number of aryl methyl sites for hydroxylation is 1. The molecule has 2 rings (SSSR count). The van der Waals surface area contributed by atoms with Crippen molar-refractivity contribution in [1.82, 2.24) is 0 Å². The molecule has 0 radical (unpaired) electrons. The second-order valence-corrected chi connectivity index (χ2v) is 7.78. The maximum Gasteiger partial charge on any atom is 0.0505 e. The van der Waals surface area contributed by atoms with Crippen molar-refractivity contribution in [2.24, 2.45) is 11.7 Å². The topological polar surface area (TPSA) is 43.1 Å². The number of rotatable bonds is 5. The first kappa shape index (κ1) is 15.7. The zero-order valence-electron chi connectivity index (χ0n) is 12.7. The quantitative estimate of drug-likeness (QED) is 0.902. The lowest BCUT2D eigenvalue weighted by molar-refractivity contribution is 0.313. The molecule has 1 aliphatic rings. The molecule has 2 N–H and O–H groups in total. The highest BCUT2D eigenvalue weighted by Crippen LogP contribution is 2.31. The number of hydrogen-bond donors (Lipinski definition) is 1. The summed E-state index contributed by atoms with van der Waals surface area (Å²) in [5, 5.41) is 0.180. The first-order valence-corrected chi connectivity index (χ1v) is 9.17. The summed E-state index contributed by atoms with van der Waals surface area (Å²) in [5.74, 6) is 1.38. The molecule has 2 nitrogen and oxygen atoms in total. The van der Waals surface area contributed by atoms with Crippen molar-refractivity contribution in [2.45, 2.75) is 63.0 Å². The van der Waals surface area contributed by atoms with Gasteiger partial charge in [-0.3, -0.25) is 4.21 Å². The van der Waals surface area contributed by atoms with Crippen LogP contribution in [0.2, 0.25) is 0 Å². The highest BCUT2D eigenvalue weighted by atomic mass is 32.2. The molecule has 1 fully saturated rings. The van der Waals surface area contributed by atoms with Crippen molar-refractivity contribution in [2.75, 3.05) is 0 Å². The van der Waals surface area contributed by atoms with E-state index in [0.717, 1.165) is 18.8 Å². The molecule has 0 aliphatic heterocycles. The van der Waals surface area contributed by atoms with Crippen molar-refractivity contribution >= 4 is 10.8 Å². The molecular formula is C17H27NOS. The van der Waals surface area contributed by atoms with Crippen LogP contribution < -0.4 is 5.73 Å². The summed E-state index contributed by atoms with van der Waals surface area (Å²) in [6.07, 6.45) is 5.78. The molecule has 1 aromatic rings. The van der Waals surface area contributed by atoms with E-state index in [-0.39, 0.29) is 11.3 Å². The Kier molecular flexibility index (Phi) is 5.79. The third-order valence-corrected chi connectivity index (χ3v) is 6.36. The molecule has 0 aromatic heterocycles. The Balaban J connectivity index is 2.01. The summed E-state index contributed by atoms with van der Waals surface area (Å²) in [7, 11) is -0.847. The first-order valence-electron chi connectivity index (χ1n) is 7.79. The summed E-state index contributed by atoms with van der Waals surface area (Å²) in [6, 6.07) is 8.36. The van der Waals surface area contributed by atoms with Crippen LogP contribution in [0.5, 0.6) is 0 Å². The van der Waals surface area contributed by atoms with Crippen LogP contribution in [0.1, 0.15) is 50.2 Å². The minimum Gasteiger partial charge on any atom is -0.327 e. The smallest absolute Gasteiger partial charge is 0.0505 e. The minimum atomic E-state index is -0.847. The normalized spacial score (nSPS) is 28.2. The highest BCUT2D eigenvalue weighted by molar-refractivity contribution is 7.84. The van der Waals surface area contributed by atoms with Gasteiger partial charge in [0, 0.05) is 22.6 Å². The van der Waals surface area contributed by atoms with Crippen LogP contribution in [0, 0.1) is 12.8 Å². The van der Waals surface area contributed by atoms with Crippen molar-refractivity contribution in [3.05, 3.63) is 35.4 Å². The summed E-state index contributed by atoms with van der Waals surface area (Å²) < 4.78 is 12.7. The number of nitrogens with two attached hydrogens (primary N) is 1. The molecule has 1 aromatic carbocycles. The summed E-state index contributed by atoms with van der Waals surface area (Å²) in [6.45, 7) is 4.32. The Morgan fingerprint density at radius 1 is 1.30 bits per heavy atom. The molecule has 0 spiro atoms. The Morgan fingerprint density at radius 3 is 2.75 bits per heavy atom. The van der Waals surface area contributed by atoms with Gasteiger partial charge in [-0.15, -0.1) is 0 Å². The van der Waals surface area contributed by atoms with E-state index in [4.69, 9.17) is 5.73 Å². The summed E-state index contributed by atoms with van der Waals surface area (Å²) in [4.78, 5) is 0. The third kappa shape index (κ3) is 3.92. The average Bonchev–Trinajstić information content (AvgIpc) is 2.43. The average molecular weight is 293 g/mol. The van der Waals surface area contributed by atoms with E-state index in [1.807, 2.05) is 12.1 Å². The first-order chi connectivity index (χ1) is 9.61. The van der Waals surface area contributed by atoms with Gasteiger partial charge in [0.05, 0.1) is 5.25 Å². The molecule has 0 saturated heterocycles. The van der Waals surface area contributed by atoms with E-state index in [0.29, 0.717) is 5.75 Å². The maximum absolute atomic E-state index is 12.7. The van der Waals surface area contributed by atoms with Crippen LogP contribution in [0.15, 0.2) is 24.3 Å². The van der Waals surface area contributed by atoms with Gasteiger partial charge in [0.1, 0.15) is 0 Å². The highest BCUT2D eigenvalue weighted by Gasteiger charge is 2.31. The van der Waals surface area contributed by atoms with Gasteiger partial charge in [-0.2, -0.15) is 0 Å². The lowest BCUT2D eigenvalue weighted by Gasteiger charge is -2.33. The van der Waals surface area contributed by atoms with Crippen molar-refractivity contribution in [1.29, 1.82) is 0 Å². The van der Waals surface area contributed by atoms with Gasteiger partial charge in [0.15, 0.2) is 0 Å². The van der Waals surface area contributed by atoms with Crippen molar-refractivity contribution in [3.63, 3.8) is 0 Å². The van der Waals surface area contributed by atoms with Crippen LogP contribution >= 0.6 is 0 Å². The predicted octanol–water partition coefficient (Wildman–Crippen LogP) is 3.54. The van der Waals surface area contributed by atoms with Crippen LogP contribution in [-0.2, 0) is 16.6 Å². The van der Waals surface area contributed by atoms with E-state index in [1.165, 1.54) is 30.4 Å². The SMILES string of the molecule is CCCC1CCC(N)C(S(=O)Cc2ccccc2C)C1. The van der Waals surface area contributed by atoms with E-state index in [2.05, 4.69) is 26.0 Å². The molecule has 3 heteroatoms. The summed E-state index contributed by atoms with van der Waals surface area (Å²) >= 11 is 0. The Bertz CT molecular complexity index is 460. The molecule has 4 atom stereocenters. The second-order valence-electron chi connectivity index (χ2n) is 6.12. The zero-order valence-corrected chi connectivity index (χ0v) is 13.5. The molecule has 0 bridgehead atoms. The Hall–Kier alpha value is -0.670. The fourth-order valence-corrected chi connectivity index (χ4v) is 5.10. The summed E-state index contributed by atoms with van der Waals surface area (Å²) in [5.41, 5.74) is 8.67. The molecule has 1 aliphatic carbocycles. The molecule has 0 heterocycles. The van der Waals surface area contributed by atoms with Gasteiger partial charge in [-0.1, -0.05) is 44.0 Å². The van der Waals surface area contributed by atoms with E-state index >= 15 is 0 Å². The molecule has 0 amide bonds. The van der Waals surface area contributed by atoms with E-state index < -0.39 is 10.8 Å². The Morgan fingerprint density at radius 2 is 2.05 bits per heavy atom. The zero-order chi connectivity index (χ0) is 14.5. The lowest BCUT2D eigenvalue weighted by Crippen LogP contribution is -2.43. The minimum absolute atomic E-state index is 0.118. The standard InChI is InChI=1S/C17H27NOS/c1-3-6-14-9-10-16(18)17(11-14)20(19)12-15-8-5-4-7-13(15)2/h4-5,7-8,14,16-17H,3,6,9-12,18H2,1-2H3. The van der Waals surface area contributed by atoms with Crippen LogP contribution in [0.25, 0.3) is 0 Å². The van der Waals surface area contributed by atoms with Gasteiger partial charge in [-0.25, -0.2) is 0 Å². The third-order valence-electron chi connectivity index (χ3n) is 4.55. The molecule has 4 unspecified atom stereocenters. The largest absolute Gasteiger partial charge is 0.327 e. The predicted molar refractivity (Wildman–Crippen MR) is 87.0 cm³/mol. The molecular weight excluding hydrogens is 266 g/mol. The fourth-order valence-electron chi connectivity index (χ4n) is 3.24. The fraction of sp³-hybridized carbons (Fsp3) is 0.647. The Labute approximate surface area is 125 Å².